The van der Waals surface area contributed by atoms with Crippen LogP contribution in [0.1, 0.15) is 46.3 Å². The Hall–Kier alpha value is -2.87. The molecule has 1 aromatic heterocycles. The summed E-state index contributed by atoms with van der Waals surface area (Å²) < 4.78 is 17.9. The Labute approximate surface area is 162 Å². The van der Waals surface area contributed by atoms with Crippen molar-refractivity contribution in [3.8, 4) is 0 Å². The SMILES string of the molecule is COCC(=O)N1CCC[C@@H]1c1ncc(C(=O)NCc2ccc(F)cc2)c(C)n1. The lowest BCUT2D eigenvalue weighted by atomic mass is 10.1. The van der Waals surface area contributed by atoms with Crippen molar-refractivity contribution in [1.82, 2.24) is 20.2 Å². The predicted octanol–water partition coefficient (Wildman–Crippen LogP) is 2.16. The van der Waals surface area contributed by atoms with Crippen LogP contribution in [-0.4, -0.2) is 46.9 Å². The second-order valence-corrected chi connectivity index (χ2v) is 6.71. The summed E-state index contributed by atoms with van der Waals surface area (Å²) in [4.78, 5) is 35.2. The van der Waals surface area contributed by atoms with Crippen LogP contribution in [0.2, 0.25) is 0 Å². The molecule has 0 unspecified atom stereocenters. The van der Waals surface area contributed by atoms with Crippen molar-refractivity contribution < 1.29 is 18.7 Å². The second-order valence-electron chi connectivity index (χ2n) is 6.71. The molecule has 0 saturated carbocycles. The summed E-state index contributed by atoms with van der Waals surface area (Å²) in [5.41, 5.74) is 1.72. The highest BCUT2D eigenvalue weighted by Gasteiger charge is 2.32. The fourth-order valence-electron chi connectivity index (χ4n) is 3.29. The number of carbonyl (C=O) groups excluding carboxylic acids is 2. The van der Waals surface area contributed by atoms with Gasteiger partial charge in [0.05, 0.1) is 17.3 Å². The first-order valence-electron chi connectivity index (χ1n) is 9.14. The van der Waals surface area contributed by atoms with Gasteiger partial charge in [-0.1, -0.05) is 12.1 Å². The number of benzene rings is 1. The fraction of sp³-hybridized carbons (Fsp3) is 0.400. The standard InChI is InChI=1S/C20H23FN4O3/c1-13-16(20(27)23-10-14-5-7-15(21)8-6-14)11-22-19(24-13)17-4-3-9-25(17)18(26)12-28-2/h5-8,11,17H,3-4,9-10,12H2,1-2H3,(H,23,27)/t17-/m1/s1. The number of likely N-dealkylation sites (tertiary alicyclic amines) is 1. The second kappa shape index (κ2) is 8.88. The summed E-state index contributed by atoms with van der Waals surface area (Å²) in [6.07, 6.45) is 3.16. The first kappa shape index (κ1) is 19.9. The zero-order chi connectivity index (χ0) is 20.1. The molecule has 0 radical (unpaired) electrons. The molecule has 0 aliphatic carbocycles. The van der Waals surface area contributed by atoms with Crippen LogP contribution in [0.15, 0.2) is 30.5 Å². The van der Waals surface area contributed by atoms with Gasteiger partial charge in [-0.05, 0) is 37.5 Å². The largest absolute Gasteiger partial charge is 0.375 e. The van der Waals surface area contributed by atoms with E-state index in [0.717, 1.165) is 18.4 Å². The van der Waals surface area contributed by atoms with E-state index in [-0.39, 0.29) is 36.8 Å². The quantitative estimate of drug-likeness (QED) is 0.823. The van der Waals surface area contributed by atoms with Gasteiger partial charge in [0.2, 0.25) is 5.91 Å². The van der Waals surface area contributed by atoms with E-state index in [9.17, 15) is 14.0 Å². The maximum atomic E-state index is 13.0. The smallest absolute Gasteiger partial charge is 0.254 e. The van der Waals surface area contributed by atoms with Gasteiger partial charge in [0, 0.05) is 26.4 Å². The van der Waals surface area contributed by atoms with E-state index < -0.39 is 0 Å². The third kappa shape index (κ3) is 4.51. The van der Waals surface area contributed by atoms with E-state index in [4.69, 9.17) is 4.74 Å². The average molecular weight is 386 g/mol. The molecule has 28 heavy (non-hydrogen) atoms. The van der Waals surface area contributed by atoms with Crippen LogP contribution in [-0.2, 0) is 16.1 Å². The predicted molar refractivity (Wildman–Crippen MR) is 99.9 cm³/mol. The van der Waals surface area contributed by atoms with Gasteiger partial charge in [0.1, 0.15) is 12.4 Å². The van der Waals surface area contributed by atoms with Crippen LogP contribution in [0.4, 0.5) is 4.39 Å². The molecule has 1 N–H and O–H groups in total. The van der Waals surface area contributed by atoms with Crippen molar-refractivity contribution in [2.24, 2.45) is 0 Å². The molecule has 3 rings (SSSR count). The van der Waals surface area contributed by atoms with Gasteiger partial charge in [-0.15, -0.1) is 0 Å². The minimum atomic E-state index is -0.320. The number of nitrogens with zero attached hydrogens (tertiary/aromatic N) is 3. The molecule has 0 spiro atoms. The molecule has 1 fully saturated rings. The van der Waals surface area contributed by atoms with Gasteiger partial charge in [0.25, 0.3) is 5.91 Å². The minimum Gasteiger partial charge on any atom is -0.375 e. The summed E-state index contributed by atoms with van der Waals surface area (Å²) in [5, 5.41) is 2.79. The fourth-order valence-corrected chi connectivity index (χ4v) is 3.29. The highest BCUT2D eigenvalue weighted by molar-refractivity contribution is 5.94. The Morgan fingerprint density at radius 1 is 1.32 bits per heavy atom. The van der Waals surface area contributed by atoms with Gasteiger partial charge in [0.15, 0.2) is 5.82 Å². The van der Waals surface area contributed by atoms with Crippen molar-refractivity contribution in [2.45, 2.75) is 32.4 Å². The van der Waals surface area contributed by atoms with E-state index in [1.54, 1.807) is 24.0 Å². The number of amides is 2. The number of rotatable bonds is 6. The lowest BCUT2D eigenvalue weighted by Gasteiger charge is -2.23. The number of halogens is 1. The van der Waals surface area contributed by atoms with Crippen molar-refractivity contribution in [3.63, 3.8) is 0 Å². The molecule has 1 aliphatic rings. The molecule has 148 valence electrons. The Bertz CT molecular complexity index is 857. The summed E-state index contributed by atoms with van der Waals surface area (Å²) in [6.45, 7) is 2.70. The van der Waals surface area contributed by atoms with E-state index in [0.29, 0.717) is 23.6 Å². The number of ether oxygens (including phenoxy) is 1. The van der Waals surface area contributed by atoms with Gasteiger partial charge < -0.3 is 15.0 Å². The van der Waals surface area contributed by atoms with Gasteiger partial charge in [-0.3, -0.25) is 9.59 Å². The van der Waals surface area contributed by atoms with Crippen LogP contribution in [0.3, 0.4) is 0 Å². The average Bonchev–Trinajstić information content (AvgIpc) is 3.17. The third-order valence-electron chi connectivity index (χ3n) is 4.75. The zero-order valence-corrected chi connectivity index (χ0v) is 15.9. The topological polar surface area (TPSA) is 84.4 Å². The van der Waals surface area contributed by atoms with Crippen molar-refractivity contribution >= 4 is 11.8 Å². The highest BCUT2D eigenvalue weighted by atomic mass is 19.1. The molecule has 1 aromatic carbocycles. The first-order chi connectivity index (χ1) is 13.5. The summed E-state index contributed by atoms with van der Waals surface area (Å²) in [7, 11) is 1.49. The molecule has 2 amide bonds. The van der Waals surface area contributed by atoms with Crippen molar-refractivity contribution in [3.05, 3.63) is 58.9 Å². The summed E-state index contributed by atoms with van der Waals surface area (Å²) in [6, 6.07) is 5.74. The minimum absolute atomic E-state index is 0.0271. The van der Waals surface area contributed by atoms with E-state index in [2.05, 4.69) is 15.3 Å². The monoisotopic (exact) mass is 386 g/mol. The molecular weight excluding hydrogens is 363 g/mol. The van der Waals surface area contributed by atoms with Crippen molar-refractivity contribution in [1.29, 1.82) is 0 Å². The third-order valence-corrected chi connectivity index (χ3v) is 4.75. The number of hydrogen-bond donors (Lipinski definition) is 1. The maximum Gasteiger partial charge on any atom is 0.254 e. The molecule has 1 atom stereocenters. The van der Waals surface area contributed by atoms with Crippen LogP contribution < -0.4 is 5.32 Å². The normalized spacial score (nSPS) is 16.2. The van der Waals surface area contributed by atoms with Crippen LogP contribution in [0, 0.1) is 12.7 Å². The molecular formula is C20H23FN4O3. The Balaban J connectivity index is 1.68. The molecule has 0 bridgehead atoms. The lowest BCUT2D eigenvalue weighted by Crippen LogP contribution is -2.34. The Kier molecular flexibility index (Phi) is 6.30. The number of aryl methyl sites for hydroxylation is 1. The number of nitrogens with one attached hydrogen (secondary N) is 1. The van der Waals surface area contributed by atoms with E-state index >= 15 is 0 Å². The van der Waals surface area contributed by atoms with Crippen LogP contribution in [0.25, 0.3) is 0 Å². The molecule has 7 nitrogen and oxygen atoms in total. The number of carbonyl (C=O) groups is 2. The Morgan fingerprint density at radius 2 is 2.07 bits per heavy atom. The van der Waals surface area contributed by atoms with Crippen LogP contribution >= 0.6 is 0 Å². The van der Waals surface area contributed by atoms with Crippen LogP contribution in [0.5, 0.6) is 0 Å². The number of methoxy groups -OCH3 is 1. The number of hydrogen-bond acceptors (Lipinski definition) is 5. The molecule has 2 aromatic rings. The van der Waals surface area contributed by atoms with Crippen molar-refractivity contribution in [2.75, 3.05) is 20.3 Å². The lowest BCUT2D eigenvalue weighted by molar-refractivity contribution is -0.136. The molecule has 2 heterocycles. The summed E-state index contributed by atoms with van der Waals surface area (Å²) in [5.74, 6) is -0.172. The first-order valence-corrected chi connectivity index (χ1v) is 9.14. The maximum absolute atomic E-state index is 13.0. The highest BCUT2D eigenvalue weighted by Crippen LogP contribution is 2.30. The molecule has 1 aliphatic heterocycles. The zero-order valence-electron chi connectivity index (χ0n) is 15.9. The molecule has 8 heteroatoms. The Morgan fingerprint density at radius 3 is 2.75 bits per heavy atom. The summed E-state index contributed by atoms with van der Waals surface area (Å²) >= 11 is 0. The van der Waals surface area contributed by atoms with E-state index in [1.165, 1.54) is 25.4 Å². The molecule has 1 saturated heterocycles. The van der Waals surface area contributed by atoms with Gasteiger partial charge >= 0.3 is 0 Å². The number of aromatic nitrogens is 2. The van der Waals surface area contributed by atoms with Gasteiger partial charge in [-0.2, -0.15) is 0 Å². The van der Waals surface area contributed by atoms with Gasteiger partial charge in [-0.25, -0.2) is 14.4 Å². The van der Waals surface area contributed by atoms with E-state index in [1.807, 2.05) is 0 Å².